The molecule has 0 fully saturated rings. The van der Waals surface area contributed by atoms with Crippen LogP contribution in [-0.4, -0.2) is 25.8 Å². The molecule has 1 atom stereocenters. The molecule has 2 aromatic carbocycles. The van der Waals surface area contributed by atoms with Gasteiger partial charge < -0.3 is 5.32 Å². The zero-order valence-corrected chi connectivity index (χ0v) is 22.3. The van der Waals surface area contributed by atoms with Crippen molar-refractivity contribution in [2.45, 2.75) is 31.2 Å². The van der Waals surface area contributed by atoms with Crippen molar-refractivity contribution in [2.24, 2.45) is 7.05 Å². The number of nitrogens with one attached hydrogen (secondary N) is 1. The van der Waals surface area contributed by atoms with Crippen LogP contribution < -0.4 is 16.6 Å². The van der Waals surface area contributed by atoms with Crippen molar-refractivity contribution in [3.05, 3.63) is 114 Å². The molecule has 0 radical (unpaired) electrons. The highest BCUT2D eigenvalue weighted by Gasteiger charge is 2.50. The topological polar surface area (TPSA) is 103 Å². The van der Waals surface area contributed by atoms with Crippen LogP contribution in [0.5, 0.6) is 0 Å². The Bertz CT molecular complexity index is 1830. The largest absolute Gasteiger partial charge is 0.331 e. The Kier molecular flexibility index (Phi) is 6.04. The third-order valence-electron chi connectivity index (χ3n) is 7.65. The minimum absolute atomic E-state index is 0.149. The third-order valence-corrected chi connectivity index (χ3v) is 8.47. The average Bonchev–Trinajstić information content (AvgIpc) is 3.43. The maximum atomic E-state index is 13.1. The van der Waals surface area contributed by atoms with Crippen LogP contribution in [0.1, 0.15) is 22.4 Å². The molecule has 1 spiro atoms. The first-order valence-electron chi connectivity index (χ1n) is 12.3. The van der Waals surface area contributed by atoms with E-state index in [-0.39, 0.29) is 27.9 Å². The molecule has 6 rings (SSSR count). The lowest BCUT2D eigenvalue weighted by Gasteiger charge is -2.22. The molecule has 39 heavy (non-hydrogen) atoms. The number of amides is 1. The van der Waals surface area contributed by atoms with Crippen molar-refractivity contribution in [3.63, 3.8) is 0 Å². The highest BCUT2D eigenvalue weighted by Crippen LogP contribution is 2.46. The molecule has 0 unspecified atom stereocenters. The Morgan fingerprint density at radius 3 is 2.64 bits per heavy atom. The van der Waals surface area contributed by atoms with Crippen LogP contribution in [0.4, 0.5) is 5.69 Å². The van der Waals surface area contributed by atoms with Gasteiger partial charge in [-0.2, -0.15) is 0 Å². The lowest BCUT2D eigenvalue weighted by atomic mass is 9.78. The highest BCUT2D eigenvalue weighted by molar-refractivity contribution is 6.43. The van der Waals surface area contributed by atoms with E-state index in [1.165, 1.54) is 13.2 Å². The molecule has 2 heterocycles. The quantitative estimate of drug-likeness (QED) is 0.409. The zero-order valence-electron chi connectivity index (χ0n) is 20.8. The summed E-state index contributed by atoms with van der Waals surface area (Å²) in [5.41, 5.74) is 3.17. The molecule has 196 valence electrons. The SMILES string of the molecule is Cn1c(=O)c(-c2cccc(Cl)c2Cl)cn(CC(=O)Nc2ccc3c(c2)C[C@@]2(C3)C(=O)Cc3ncccc32)c1=O. The van der Waals surface area contributed by atoms with E-state index >= 15 is 0 Å². The Hall–Kier alpha value is -4.01. The summed E-state index contributed by atoms with van der Waals surface area (Å²) in [7, 11) is 1.34. The number of carbonyl (C=O) groups is 2. The van der Waals surface area contributed by atoms with E-state index in [0.717, 1.165) is 31.5 Å². The number of pyridine rings is 1. The fourth-order valence-corrected chi connectivity index (χ4v) is 6.12. The van der Waals surface area contributed by atoms with E-state index < -0.39 is 22.6 Å². The summed E-state index contributed by atoms with van der Waals surface area (Å²) in [4.78, 5) is 56.1. The molecule has 2 aliphatic rings. The van der Waals surface area contributed by atoms with E-state index in [9.17, 15) is 19.2 Å². The number of anilines is 1. The first-order chi connectivity index (χ1) is 18.7. The second kappa shape index (κ2) is 9.32. The summed E-state index contributed by atoms with van der Waals surface area (Å²) in [6.45, 7) is -0.323. The van der Waals surface area contributed by atoms with Crippen molar-refractivity contribution < 1.29 is 9.59 Å². The normalized spacial score (nSPS) is 17.4. The number of nitrogens with zero attached hydrogens (tertiary/aromatic N) is 3. The van der Waals surface area contributed by atoms with Gasteiger partial charge >= 0.3 is 5.69 Å². The monoisotopic (exact) mass is 560 g/mol. The number of hydrogen-bond acceptors (Lipinski definition) is 5. The number of hydrogen-bond donors (Lipinski definition) is 1. The molecule has 2 aromatic heterocycles. The van der Waals surface area contributed by atoms with Crippen molar-refractivity contribution >= 4 is 40.6 Å². The minimum atomic E-state index is -0.639. The van der Waals surface area contributed by atoms with Crippen molar-refractivity contribution in [3.8, 4) is 11.1 Å². The molecule has 0 saturated carbocycles. The van der Waals surface area contributed by atoms with E-state index in [0.29, 0.717) is 30.5 Å². The minimum Gasteiger partial charge on any atom is -0.325 e. The first kappa shape index (κ1) is 25.3. The molecular weight excluding hydrogens is 539 g/mol. The molecule has 8 nitrogen and oxygen atoms in total. The average molecular weight is 561 g/mol. The first-order valence-corrected chi connectivity index (χ1v) is 13.1. The number of aromatic nitrogens is 3. The third kappa shape index (κ3) is 4.11. The molecule has 1 N–H and O–H groups in total. The van der Waals surface area contributed by atoms with Gasteiger partial charge in [-0.1, -0.05) is 47.5 Å². The van der Waals surface area contributed by atoms with Gasteiger partial charge in [-0.15, -0.1) is 0 Å². The van der Waals surface area contributed by atoms with Gasteiger partial charge in [0.05, 0.1) is 26.7 Å². The Morgan fingerprint density at radius 1 is 1.03 bits per heavy atom. The van der Waals surface area contributed by atoms with Crippen molar-refractivity contribution in [1.82, 2.24) is 14.1 Å². The summed E-state index contributed by atoms with van der Waals surface area (Å²) in [5.74, 6) is -0.277. The fourth-order valence-electron chi connectivity index (χ4n) is 5.72. The van der Waals surface area contributed by atoms with Crippen LogP contribution in [0.2, 0.25) is 10.0 Å². The van der Waals surface area contributed by atoms with Gasteiger partial charge in [-0.25, -0.2) is 4.79 Å². The molecule has 0 bridgehead atoms. The Labute approximate surface area is 232 Å². The molecular formula is C29H22Cl2N4O4. The summed E-state index contributed by atoms with van der Waals surface area (Å²) >= 11 is 12.4. The molecule has 2 aliphatic carbocycles. The lowest BCUT2D eigenvalue weighted by Crippen LogP contribution is -2.40. The molecule has 0 saturated heterocycles. The summed E-state index contributed by atoms with van der Waals surface area (Å²) < 4.78 is 2.09. The summed E-state index contributed by atoms with van der Waals surface area (Å²) in [6.07, 6.45) is 4.53. The molecule has 0 aliphatic heterocycles. The van der Waals surface area contributed by atoms with Gasteiger partial charge in [-0.3, -0.25) is 28.5 Å². The molecule has 1 amide bonds. The van der Waals surface area contributed by atoms with E-state index in [1.807, 2.05) is 24.3 Å². The predicted octanol–water partition coefficient (Wildman–Crippen LogP) is 3.72. The van der Waals surface area contributed by atoms with Crippen LogP contribution in [0.15, 0.2) is 70.5 Å². The Balaban J connectivity index is 1.25. The second-order valence-electron chi connectivity index (χ2n) is 9.98. The van der Waals surface area contributed by atoms with Gasteiger partial charge in [0, 0.05) is 37.1 Å². The molecule has 10 heteroatoms. The lowest BCUT2D eigenvalue weighted by molar-refractivity contribution is -0.122. The summed E-state index contributed by atoms with van der Waals surface area (Å²) in [5, 5.41) is 3.29. The number of benzene rings is 2. The van der Waals surface area contributed by atoms with Crippen LogP contribution in [0.3, 0.4) is 0 Å². The van der Waals surface area contributed by atoms with Crippen molar-refractivity contribution in [1.29, 1.82) is 0 Å². The highest BCUT2D eigenvalue weighted by atomic mass is 35.5. The number of halogens is 2. The van der Waals surface area contributed by atoms with Crippen LogP contribution in [-0.2, 0) is 47.9 Å². The number of Topliss-reactive ketones (excluding diaryl/α,β-unsaturated/α-hetero) is 1. The number of carbonyl (C=O) groups excluding carboxylic acids is 2. The standard InChI is InChI=1S/C29H22Cl2N4O4/c1-34-27(38)20(19-4-2-6-22(30)26(19)31)14-35(28(34)39)15-25(37)33-18-8-7-16-12-29(13-17(16)10-18)21-5-3-9-32-23(21)11-24(29)36/h2-10,14H,11-13,15H2,1H3,(H,33,37)/t29-/m1/s1. The van der Waals surface area contributed by atoms with Crippen LogP contribution in [0, 0.1) is 0 Å². The molecule has 4 aromatic rings. The van der Waals surface area contributed by atoms with Gasteiger partial charge in [-0.05, 0) is 53.8 Å². The van der Waals surface area contributed by atoms with E-state index in [1.54, 1.807) is 30.5 Å². The smallest absolute Gasteiger partial charge is 0.325 e. The van der Waals surface area contributed by atoms with Gasteiger partial charge in [0.1, 0.15) is 12.3 Å². The van der Waals surface area contributed by atoms with Crippen LogP contribution in [0.25, 0.3) is 11.1 Å². The van der Waals surface area contributed by atoms with Gasteiger partial charge in [0.2, 0.25) is 5.91 Å². The van der Waals surface area contributed by atoms with E-state index in [4.69, 9.17) is 23.2 Å². The van der Waals surface area contributed by atoms with Crippen LogP contribution >= 0.6 is 23.2 Å². The number of ketones is 1. The predicted molar refractivity (Wildman–Crippen MR) is 149 cm³/mol. The fraction of sp³-hybridized carbons (Fsp3) is 0.207. The maximum Gasteiger partial charge on any atom is 0.331 e. The van der Waals surface area contributed by atoms with E-state index in [2.05, 4.69) is 10.3 Å². The summed E-state index contributed by atoms with van der Waals surface area (Å²) in [6, 6.07) is 14.3. The number of rotatable bonds is 4. The number of fused-ring (bicyclic) bond motifs is 3. The van der Waals surface area contributed by atoms with Crippen molar-refractivity contribution in [2.75, 3.05) is 5.32 Å². The second-order valence-corrected chi connectivity index (χ2v) is 10.8. The maximum absolute atomic E-state index is 13.1. The Morgan fingerprint density at radius 2 is 1.82 bits per heavy atom. The zero-order chi connectivity index (χ0) is 27.5. The van der Waals surface area contributed by atoms with Gasteiger partial charge in [0.25, 0.3) is 5.56 Å². The van der Waals surface area contributed by atoms with Gasteiger partial charge in [0.15, 0.2) is 0 Å².